The lowest BCUT2D eigenvalue weighted by atomic mass is 10.2. The molecule has 1 amide bonds. The summed E-state index contributed by atoms with van der Waals surface area (Å²) < 4.78 is 16.2. The molecule has 0 radical (unpaired) electrons. The van der Waals surface area contributed by atoms with Crippen LogP contribution in [0, 0.1) is 0 Å². The molecule has 0 aliphatic carbocycles. The first kappa shape index (κ1) is 12.7. The molecule has 0 unspecified atom stereocenters. The van der Waals surface area contributed by atoms with E-state index in [1.807, 2.05) is 0 Å². The van der Waals surface area contributed by atoms with Crippen molar-refractivity contribution < 1.29 is 19.0 Å². The van der Waals surface area contributed by atoms with Gasteiger partial charge in [-0.05, 0) is 12.1 Å². The lowest BCUT2D eigenvalue weighted by molar-refractivity contribution is 0.0961. The molecule has 1 aliphatic heterocycles. The third-order valence-corrected chi connectivity index (χ3v) is 2.80. The molecule has 0 aromatic heterocycles. The molecule has 5 nitrogen and oxygen atoms in total. The van der Waals surface area contributed by atoms with E-state index >= 15 is 0 Å². The Morgan fingerprint density at radius 3 is 2.78 bits per heavy atom. The van der Waals surface area contributed by atoms with E-state index in [0.29, 0.717) is 23.7 Å². The average molecular weight is 251 g/mol. The van der Waals surface area contributed by atoms with Crippen LogP contribution in [-0.2, 0) is 4.74 Å². The second-order valence-electron chi connectivity index (χ2n) is 4.08. The minimum Gasteiger partial charge on any atom is -0.497 e. The quantitative estimate of drug-likeness (QED) is 0.874. The maximum atomic E-state index is 11.6. The van der Waals surface area contributed by atoms with Crippen LogP contribution in [0.5, 0.6) is 11.5 Å². The minimum atomic E-state index is -0.165. The Hall–Kier alpha value is -1.75. The molecule has 1 aromatic carbocycles. The van der Waals surface area contributed by atoms with Crippen LogP contribution in [0.3, 0.4) is 0 Å². The van der Waals surface area contributed by atoms with E-state index in [0.717, 1.165) is 13.0 Å². The molecule has 0 saturated carbocycles. The number of carbonyl (C=O) groups is 1. The summed E-state index contributed by atoms with van der Waals surface area (Å²) in [4.78, 5) is 11.6. The molecule has 1 fully saturated rings. The number of methoxy groups -OCH3 is 1. The van der Waals surface area contributed by atoms with Gasteiger partial charge in [0.25, 0.3) is 5.91 Å². The van der Waals surface area contributed by atoms with Crippen LogP contribution in [0.15, 0.2) is 18.2 Å². The fourth-order valence-corrected chi connectivity index (χ4v) is 1.83. The predicted octanol–water partition coefficient (Wildman–Crippen LogP) is 1.22. The summed E-state index contributed by atoms with van der Waals surface area (Å²) in [7, 11) is 3.15. The Morgan fingerprint density at radius 1 is 1.39 bits per heavy atom. The van der Waals surface area contributed by atoms with E-state index < -0.39 is 0 Å². The zero-order valence-electron chi connectivity index (χ0n) is 10.6. The third kappa shape index (κ3) is 2.92. The monoisotopic (exact) mass is 251 g/mol. The van der Waals surface area contributed by atoms with Crippen LogP contribution in [0.4, 0.5) is 0 Å². The second-order valence-corrected chi connectivity index (χ2v) is 4.08. The summed E-state index contributed by atoms with van der Waals surface area (Å²) in [5.41, 5.74) is 0.519. The van der Waals surface area contributed by atoms with E-state index in [-0.39, 0.29) is 12.0 Å². The number of amides is 1. The van der Waals surface area contributed by atoms with Crippen molar-refractivity contribution in [1.82, 2.24) is 5.32 Å². The van der Waals surface area contributed by atoms with Gasteiger partial charge < -0.3 is 19.5 Å². The van der Waals surface area contributed by atoms with Gasteiger partial charge in [0.15, 0.2) is 0 Å². The summed E-state index contributed by atoms with van der Waals surface area (Å²) in [5, 5.41) is 2.58. The first-order chi connectivity index (χ1) is 8.72. The summed E-state index contributed by atoms with van der Waals surface area (Å²) in [6.07, 6.45) is 0.918. The minimum absolute atomic E-state index is 0.0506. The summed E-state index contributed by atoms with van der Waals surface area (Å²) in [5.74, 6) is 1.06. The normalized spacial score (nSPS) is 18.4. The molecular weight excluding hydrogens is 234 g/mol. The number of benzene rings is 1. The largest absolute Gasteiger partial charge is 0.497 e. The van der Waals surface area contributed by atoms with E-state index in [2.05, 4.69) is 5.32 Å². The van der Waals surface area contributed by atoms with Gasteiger partial charge in [-0.1, -0.05) is 0 Å². The van der Waals surface area contributed by atoms with Crippen molar-refractivity contribution in [2.24, 2.45) is 0 Å². The van der Waals surface area contributed by atoms with Crippen LogP contribution in [0.1, 0.15) is 16.8 Å². The van der Waals surface area contributed by atoms with E-state index in [1.165, 1.54) is 0 Å². The molecule has 1 heterocycles. The molecule has 1 N–H and O–H groups in total. The molecule has 18 heavy (non-hydrogen) atoms. The van der Waals surface area contributed by atoms with Crippen molar-refractivity contribution in [1.29, 1.82) is 0 Å². The maximum Gasteiger partial charge on any atom is 0.251 e. The Balaban J connectivity index is 2.19. The van der Waals surface area contributed by atoms with Gasteiger partial charge in [0.1, 0.15) is 17.6 Å². The summed E-state index contributed by atoms with van der Waals surface area (Å²) >= 11 is 0. The fraction of sp³-hybridized carbons (Fsp3) is 0.462. The van der Waals surface area contributed by atoms with Crippen molar-refractivity contribution in [2.75, 3.05) is 27.4 Å². The van der Waals surface area contributed by atoms with Crippen LogP contribution in [-0.4, -0.2) is 39.4 Å². The summed E-state index contributed by atoms with van der Waals surface area (Å²) in [6, 6.07) is 5.15. The molecule has 1 aromatic rings. The fourth-order valence-electron chi connectivity index (χ4n) is 1.83. The SMILES string of the molecule is CNC(=O)c1cc(OC)cc(O[C@H]2CCOC2)c1. The molecule has 1 aliphatic rings. The van der Waals surface area contributed by atoms with Crippen molar-refractivity contribution >= 4 is 5.91 Å². The first-order valence-electron chi connectivity index (χ1n) is 5.88. The molecule has 0 spiro atoms. The highest BCUT2D eigenvalue weighted by Crippen LogP contribution is 2.25. The van der Waals surface area contributed by atoms with Gasteiger partial charge in [-0.15, -0.1) is 0 Å². The van der Waals surface area contributed by atoms with Crippen LogP contribution in [0.2, 0.25) is 0 Å². The van der Waals surface area contributed by atoms with Crippen molar-refractivity contribution in [3.8, 4) is 11.5 Å². The first-order valence-corrected chi connectivity index (χ1v) is 5.88. The maximum absolute atomic E-state index is 11.6. The molecule has 5 heteroatoms. The molecule has 0 bridgehead atoms. The summed E-state index contributed by atoms with van der Waals surface area (Å²) in [6.45, 7) is 1.31. The topological polar surface area (TPSA) is 56.8 Å². The average Bonchev–Trinajstić information content (AvgIpc) is 2.90. The van der Waals surface area contributed by atoms with Crippen molar-refractivity contribution in [2.45, 2.75) is 12.5 Å². The van der Waals surface area contributed by atoms with Crippen molar-refractivity contribution in [3.05, 3.63) is 23.8 Å². The predicted molar refractivity (Wildman–Crippen MR) is 66.2 cm³/mol. The van der Waals surface area contributed by atoms with Gasteiger partial charge in [-0.3, -0.25) is 4.79 Å². The van der Waals surface area contributed by atoms with E-state index in [4.69, 9.17) is 14.2 Å². The standard InChI is InChI=1S/C13H17NO4/c1-14-13(15)9-5-11(16-2)7-12(6-9)18-10-3-4-17-8-10/h5-7,10H,3-4,8H2,1-2H3,(H,14,15)/t10-/m0/s1. The van der Waals surface area contributed by atoms with Crippen molar-refractivity contribution in [3.63, 3.8) is 0 Å². The lowest BCUT2D eigenvalue weighted by Gasteiger charge is -2.14. The molecule has 1 saturated heterocycles. The van der Waals surface area contributed by atoms with Gasteiger partial charge in [0.2, 0.25) is 0 Å². The van der Waals surface area contributed by atoms with E-state index in [1.54, 1.807) is 32.4 Å². The molecule has 1 atom stereocenters. The number of ether oxygens (including phenoxy) is 3. The van der Waals surface area contributed by atoms with E-state index in [9.17, 15) is 4.79 Å². The highest BCUT2D eigenvalue weighted by atomic mass is 16.5. The Morgan fingerprint density at radius 2 is 2.17 bits per heavy atom. The number of rotatable bonds is 4. The molecular formula is C13H17NO4. The Labute approximate surface area is 106 Å². The molecule has 2 rings (SSSR count). The van der Waals surface area contributed by atoms with Gasteiger partial charge >= 0.3 is 0 Å². The number of carbonyl (C=O) groups excluding carboxylic acids is 1. The number of hydrogen-bond acceptors (Lipinski definition) is 4. The van der Waals surface area contributed by atoms with Gasteiger partial charge in [-0.25, -0.2) is 0 Å². The van der Waals surface area contributed by atoms with Crippen LogP contribution in [0.25, 0.3) is 0 Å². The Bertz CT molecular complexity index is 427. The zero-order chi connectivity index (χ0) is 13.0. The zero-order valence-corrected chi connectivity index (χ0v) is 10.6. The number of hydrogen-bond donors (Lipinski definition) is 1. The number of nitrogens with one attached hydrogen (secondary N) is 1. The van der Waals surface area contributed by atoms with Crippen LogP contribution < -0.4 is 14.8 Å². The molecule has 98 valence electrons. The smallest absolute Gasteiger partial charge is 0.251 e. The highest BCUT2D eigenvalue weighted by molar-refractivity contribution is 5.94. The van der Waals surface area contributed by atoms with Gasteiger partial charge in [0.05, 0.1) is 20.3 Å². The second kappa shape index (κ2) is 5.73. The third-order valence-electron chi connectivity index (χ3n) is 2.80. The Kier molecular flexibility index (Phi) is 4.04. The van der Waals surface area contributed by atoms with Crippen LogP contribution >= 0.6 is 0 Å². The van der Waals surface area contributed by atoms with Gasteiger partial charge in [-0.2, -0.15) is 0 Å². The lowest BCUT2D eigenvalue weighted by Crippen LogP contribution is -2.19. The van der Waals surface area contributed by atoms with Gasteiger partial charge in [0, 0.05) is 25.1 Å². The highest BCUT2D eigenvalue weighted by Gasteiger charge is 2.18.